The molecule has 10 heteroatoms. The Hall–Kier alpha value is -4.24. The average Bonchev–Trinajstić information content (AvgIpc) is 2.95. The Morgan fingerprint density at radius 1 is 1.02 bits per heavy atom. The first kappa shape index (κ1) is 27.3. The van der Waals surface area contributed by atoms with E-state index < -0.39 is 24.1 Å². The molecule has 40 heavy (non-hydrogen) atoms. The molecule has 2 aliphatic heterocycles. The van der Waals surface area contributed by atoms with E-state index >= 15 is 0 Å². The summed E-state index contributed by atoms with van der Waals surface area (Å²) in [5.74, 6) is -1.42. The van der Waals surface area contributed by atoms with Gasteiger partial charge in [0.05, 0.1) is 11.6 Å². The van der Waals surface area contributed by atoms with Crippen LogP contribution >= 0.6 is 11.6 Å². The predicted octanol–water partition coefficient (Wildman–Crippen LogP) is 4.90. The van der Waals surface area contributed by atoms with Crippen LogP contribution in [0.1, 0.15) is 40.9 Å². The average molecular weight is 563 g/mol. The molecule has 8 nitrogen and oxygen atoms in total. The summed E-state index contributed by atoms with van der Waals surface area (Å²) in [6.07, 6.45) is -0.185. The first-order valence-electron chi connectivity index (χ1n) is 13.0. The minimum absolute atomic E-state index is 0.0110. The van der Waals surface area contributed by atoms with Crippen LogP contribution in [0.4, 0.5) is 14.9 Å². The largest absolute Gasteiger partial charge is 0.336 e. The number of ketones is 1. The van der Waals surface area contributed by atoms with Crippen LogP contribution in [0.15, 0.2) is 72.8 Å². The number of rotatable bonds is 6. The zero-order valence-corrected chi connectivity index (χ0v) is 22.6. The fraction of sp³-hybridized carbons (Fsp3) is 0.267. The van der Waals surface area contributed by atoms with Crippen molar-refractivity contribution in [3.63, 3.8) is 0 Å². The van der Waals surface area contributed by atoms with Crippen LogP contribution in [-0.2, 0) is 16.0 Å². The standard InChI is InChI=1S/C30H28ClFN4O4/c1-19(37)21-7-10-23(11-8-21)33-30(40)35-16-14-27(38)36-26(35)18-34(15-13-20-5-3-2-4-6-20)29(39)28(36)22-9-12-24(31)25(32)17-22/h2-12,17,26,28H,13-16,18H2,1H3,(H,33,40)/t26-,28+/m1/s1. The molecule has 2 aliphatic rings. The third-order valence-corrected chi connectivity index (χ3v) is 7.63. The smallest absolute Gasteiger partial charge is 0.323 e. The highest BCUT2D eigenvalue weighted by atomic mass is 35.5. The normalized spacial score (nSPS) is 18.9. The topological polar surface area (TPSA) is 90.0 Å². The Labute approximate surface area is 236 Å². The maximum absolute atomic E-state index is 14.5. The second-order valence-electron chi connectivity index (χ2n) is 9.88. The van der Waals surface area contributed by atoms with Crippen LogP contribution in [-0.4, -0.2) is 64.1 Å². The minimum Gasteiger partial charge on any atom is -0.336 e. The van der Waals surface area contributed by atoms with Crippen molar-refractivity contribution in [1.82, 2.24) is 14.7 Å². The van der Waals surface area contributed by atoms with Crippen molar-refractivity contribution in [3.05, 3.63) is 100 Å². The Bertz CT molecular complexity index is 1450. The van der Waals surface area contributed by atoms with Crippen molar-refractivity contribution < 1.29 is 23.6 Å². The summed E-state index contributed by atoms with van der Waals surface area (Å²) in [7, 11) is 0. The van der Waals surface area contributed by atoms with Crippen LogP contribution in [0, 0.1) is 5.82 Å². The highest BCUT2D eigenvalue weighted by molar-refractivity contribution is 6.30. The molecule has 4 amide bonds. The van der Waals surface area contributed by atoms with E-state index in [1.807, 2.05) is 30.3 Å². The molecule has 2 fully saturated rings. The number of nitrogens with zero attached hydrogens (tertiary/aromatic N) is 3. The number of hydrogen-bond acceptors (Lipinski definition) is 4. The van der Waals surface area contributed by atoms with Crippen molar-refractivity contribution in [2.45, 2.75) is 32.0 Å². The molecule has 0 unspecified atom stereocenters. The number of benzene rings is 3. The molecule has 0 aliphatic carbocycles. The van der Waals surface area contributed by atoms with Crippen molar-refractivity contribution in [1.29, 1.82) is 0 Å². The van der Waals surface area contributed by atoms with Gasteiger partial charge in [-0.05, 0) is 60.9 Å². The van der Waals surface area contributed by atoms with E-state index in [4.69, 9.17) is 11.6 Å². The molecule has 2 saturated heterocycles. The molecule has 2 atom stereocenters. The molecule has 0 aromatic heterocycles. The molecule has 3 aromatic rings. The third kappa shape index (κ3) is 5.56. The summed E-state index contributed by atoms with van der Waals surface area (Å²) in [4.78, 5) is 56.7. The number of halogens is 2. The van der Waals surface area contributed by atoms with E-state index in [9.17, 15) is 23.6 Å². The van der Waals surface area contributed by atoms with Gasteiger partial charge < -0.3 is 20.0 Å². The van der Waals surface area contributed by atoms with Gasteiger partial charge in [0.2, 0.25) is 11.8 Å². The maximum Gasteiger partial charge on any atom is 0.323 e. The highest BCUT2D eigenvalue weighted by Gasteiger charge is 2.49. The lowest BCUT2D eigenvalue weighted by Gasteiger charge is -2.52. The van der Waals surface area contributed by atoms with Gasteiger partial charge in [-0.2, -0.15) is 0 Å². The number of nitrogens with one attached hydrogen (secondary N) is 1. The molecule has 3 aromatic carbocycles. The Morgan fingerprint density at radius 3 is 2.42 bits per heavy atom. The summed E-state index contributed by atoms with van der Waals surface area (Å²) in [6.45, 7) is 2.08. The zero-order chi connectivity index (χ0) is 28.4. The summed E-state index contributed by atoms with van der Waals surface area (Å²) in [6, 6.07) is 18.7. The number of urea groups is 1. The van der Waals surface area contributed by atoms with Gasteiger partial charge in [0.1, 0.15) is 18.0 Å². The number of fused-ring (bicyclic) bond motifs is 1. The van der Waals surface area contributed by atoms with Gasteiger partial charge in [-0.15, -0.1) is 0 Å². The first-order valence-corrected chi connectivity index (χ1v) is 13.4. The maximum atomic E-state index is 14.5. The zero-order valence-electron chi connectivity index (χ0n) is 21.8. The fourth-order valence-electron chi connectivity index (χ4n) is 5.21. The van der Waals surface area contributed by atoms with Gasteiger partial charge in [-0.3, -0.25) is 14.4 Å². The summed E-state index contributed by atoms with van der Waals surface area (Å²) in [5.41, 5.74) is 2.33. The number of Topliss-reactive ketones (excluding diaryl/α,β-unsaturated/α-hetero) is 1. The number of hydrogen-bond donors (Lipinski definition) is 1. The van der Waals surface area contributed by atoms with Gasteiger partial charge in [-0.25, -0.2) is 9.18 Å². The van der Waals surface area contributed by atoms with Crippen LogP contribution in [0.2, 0.25) is 5.02 Å². The monoisotopic (exact) mass is 562 g/mol. The van der Waals surface area contributed by atoms with Gasteiger partial charge in [0, 0.05) is 30.8 Å². The molecular formula is C30H28ClFN4O4. The van der Waals surface area contributed by atoms with Crippen molar-refractivity contribution >= 4 is 40.9 Å². The molecule has 1 N–H and O–H groups in total. The van der Waals surface area contributed by atoms with E-state index in [2.05, 4.69) is 5.32 Å². The van der Waals surface area contributed by atoms with E-state index in [-0.39, 0.29) is 47.7 Å². The van der Waals surface area contributed by atoms with Gasteiger partial charge in [-0.1, -0.05) is 48.0 Å². The lowest BCUT2D eigenvalue weighted by atomic mass is 9.96. The van der Waals surface area contributed by atoms with E-state index in [0.29, 0.717) is 24.2 Å². The fourth-order valence-corrected chi connectivity index (χ4v) is 5.33. The molecule has 0 radical (unpaired) electrons. The summed E-state index contributed by atoms with van der Waals surface area (Å²) >= 11 is 5.91. The minimum atomic E-state index is -1.11. The van der Waals surface area contributed by atoms with E-state index in [0.717, 1.165) is 5.56 Å². The lowest BCUT2D eigenvalue weighted by molar-refractivity contribution is -0.167. The van der Waals surface area contributed by atoms with Crippen LogP contribution in [0.25, 0.3) is 0 Å². The number of carbonyl (C=O) groups is 4. The molecule has 2 heterocycles. The SMILES string of the molecule is CC(=O)c1ccc(NC(=O)N2CCC(=O)N3[C@@H](c4ccc(Cl)c(F)c4)C(=O)N(CCc4ccccc4)C[C@H]23)cc1. The van der Waals surface area contributed by atoms with Crippen molar-refractivity contribution in [3.8, 4) is 0 Å². The Kier molecular flexibility index (Phi) is 7.84. The summed E-state index contributed by atoms with van der Waals surface area (Å²) in [5, 5.41) is 2.75. The van der Waals surface area contributed by atoms with E-state index in [1.54, 1.807) is 29.2 Å². The molecule has 206 valence electrons. The Balaban J connectivity index is 1.45. The van der Waals surface area contributed by atoms with Gasteiger partial charge in [0.25, 0.3) is 0 Å². The summed E-state index contributed by atoms with van der Waals surface area (Å²) < 4.78 is 14.5. The molecule has 5 rings (SSSR count). The third-order valence-electron chi connectivity index (χ3n) is 7.32. The van der Waals surface area contributed by atoms with Crippen LogP contribution in [0.3, 0.4) is 0 Å². The van der Waals surface area contributed by atoms with Gasteiger partial charge >= 0.3 is 6.03 Å². The molecule has 0 saturated carbocycles. The molecular weight excluding hydrogens is 535 g/mol. The Morgan fingerprint density at radius 2 is 1.75 bits per heavy atom. The number of amides is 4. The second kappa shape index (κ2) is 11.5. The van der Waals surface area contributed by atoms with Gasteiger partial charge in [0.15, 0.2) is 5.78 Å². The second-order valence-corrected chi connectivity index (χ2v) is 10.3. The van der Waals surface area contributed by atoms with E-state index in [1.165, 1.54) is 34.9 Å². The van der Waals surface area contributed by atoms with Crippen LogP contribution < -0.4 is 5.32 Å². The number of piperazine rings is 1. The number of anilines is 1. The lowest BCUT2D eigenvalue weighted by Crippen LogP contribution is -2.69. The first-order chi connectivity index (χ1) is 19.2. The van der Waals surface area contributed by atoms with Crippen molar-refractivity contribution in [2.24, 2.45) is 0 Å². The quantitative estimate of drug-likeness (QED) is 0.433. The predicted molar refractivity (Wildman–Crippen MR) is 148 cm³/mol. The van der Waals surface area contributed by atoms with Crippen LogP contribution in [0.5, 0.6) is 0 Å². The number of carbonyl (C=O) groups excluding carboxylic acids is 4. The van der Waals surface area contributed by atoms with Crippen molar-refractivity contribution in [2.75, 3.05) is 25.0 Å². The molecule has 0 bridgehead atoms. The highest BCUT2D eigenvalue weighted by Crippen LogP contribution is 2.36. The molecule has 0 spiro atoms.